The molecule has 7 heteroatoms. The third kappa shape index (κ3) is 5.43. The van der Waals surface area contributed by atoms with Gasteiger partial charge < -0.3 is 20.4 Å². The summed E-state index contributed by atoms with van der Waals surface area (Å²) in [4.78, 5) is 14.5. The number of nitrogens with one attached hydrogen (secondary N) is 2. The predicted molar refractivity (Wildman–Crippen MR) is 118 cm³/mol. The van der Waals surface area contributed by atoms with Crippen molar-refractivity contribution in [1.29, 1.82) is 0 Å². The van der Waals surface area contributed by atoms with Crippen molar-refractivity contribution < 1.29 is 0 Å². The van der Waals surface area contributed by atoms with E-state index >= 15 is 0 Å². The molecule has 27 heavy (non-hydrogen) atoms. The van der Waals surface area contributed by atoms with Crippen molar-refractivity contribution in [2.75, 3.05) is 41.3 Å². The van der Waals surface area contributed by atoms with E-state index in [1.54, 1.807) is 0 Å². The Bertz CT molecular complexity index is 637. The summed E-state index contributed by atoms with van der Waals surface area (Å²) < 4.78 is 0. The molecule has 150 valence electrons. The zero-order valence-electron chi connectivity index (χ0n) is 17.0. The molecule has 0 unspecified atom stereocenters. The van der Waals surface area contributed by atoms with Gasteiger partial charge in [0.25, 0.3) is 0 Å². The number of thiocarbonyl (C=S) groups is 1. The first-order valence-corrected chi connectivity index (χ1v) is 10.9. The Hall–Kier alpha value is -1.63. The average molecular weight is 391 g/mol. The third-order valence-corrected chi connectivity index (χ3v) is 5.78. The van der Waals surface area contributed by atoms with Crippen molar-refractivity contribution >= 4 is 34.9 Å². The average Bonchev–Trinajstić information content (AvgIpc) is 2.66. The van der Waals surface area contributed by atoms with Gasteiger partial charge in [-0.15, -0.1) is 0 Å². The first-order valence-electron chi connectivity index (χ1n) is 10.5. The maximum atomic E-state index is 5.41. The van der Waals surface area contributed by atoms with E-state index in [2.05, 4.69) is 47.3 Å². The van der Waals surface area contributed by atoms with Gasteiger partial charge in [-0.05, 0) is 63.6 Å². The van der Waals surface area contributed by atoms with Crippen LogP contribution in [0.25, 0.3) is 0 Å². The molecule has 3 rings (SSSR count). The van der Waals surface area contributed by atoms with Crippen molar-refractivity contribution in [3.05, 3.63) is 6.07 Å². The number of rotatable bonds is 5. The Morgan fingerprint density at radius 2 is 1.96 bits per heavy atom. The molecule has 1 aromatic rings. The molecule has 0 saturated carbocycles. The smallest absolute Gasteiger partial charge is 0.232 e. The second-order valence-corrected chi connectivity index (χ2v) is 8.43. The van der Waals surface area contributed by atoms with Gasteiger partial charge in [-0.1, -0.05) is 13.8 Å². The number of anilines is 3. The molecule has 2 atom stereocenters. The monoisotopic (exact) mass is 390 g/mol. The van der Waals surface area contributed by atoms with E-state index in [9.17, 15) is 0 Å². The fraction of sp³-hybridized carbons (Fsp3) is 0.750. The minimum absolute atomic E-state index is 0.514. The van der Waals surface area contributed by atoms with E-state index in [-0.39, 0.29) is 0 Å². The minimum Gasteiger partial charge on any atom is -0.362 e. The summed E-state index contributed by atoms with van der Waals surface area (Å²) >= 11 is 5.41. The van der Waals surface area contributed by atoms with Gasteiger partial charge in [-0.2, -0.15) is 9.97 Å². The summed E-state index contributed by atoms with van der Waals surface area (Å²) in [5.41, 5.74) is 0. The van der Waals surface area contributed by atoms with Gasteiger partial charge in [0.15, 0.2) is 5.11 Å². The summed E-state index contributed by atoms with van der Waals surface area (Å²) in [6, 6.07) is 2.69. The quantitative estimate of drug-likeness (QED) is 0.742. The molecule has 2 N–H and O–H groups in total. The fourth-order valence-electron chi connectivity index (χ4n) is 4.01. The van der Waals surface area contributed by atoms with E-state index in [1.165, 1.54) is 32.1 Å². The van der Waals surface area contributed by atoms with Gasteiger partial charge in [0, 0.05) is 38.3 Å². The summed E-state index contributed by atoms with van der Waals surface area (Å²) in [5, 5.41) is 7.01. The van der Waals surface area contributed by atoms with E-state index in [0.717, 1.165) is 44.2 Å². The molecule has 2 fully saturated rings. The van der Waals surface area contributed by atoms with Crippen LogP contribution >= 0.6 is 12.2 Å². The van der Waals surface area contributed by atoms with Gasteiger partial charge in [0.1, 0.15) is 11.6 Å². The molecule has 2 aliphatic rings. The van der Waals surface area contributed by atoms with E-state index < -0.39 is 0 Å². The molecular weight excluding hydrogens is 356 g/mol. The van der Waals surface area contributed by atoms with E-state index in [1.807, 2.05) is 0 Å². The number of hydrogen-bond donors (Lipinski definition) is 2. The Morgan fingerprint density at radius 1 is 1.15 bits per heavy atom. The number of piperidine rings is 2. The maximum Gasteiger partial charge on any atom is 0.232 e. The molecule has 6 nitrogen and oxygen atoms in total. The van der Waals surface area contributed by atoms with Gasteiger partial charge in [0.2, 0.25) is 5.95 Å². The lowest BCUT2D eigenvalue weighted by atomic mass is 10.0. The minimum atomic E-state index is 0.514. The van der Waals surface area contributed by atoms with Crippen molar-refractivity contribution in [2.24, 2.45) is 5.92 Å². The summed E-state index contributed by atoms with van der Waals surface area (Å²) in [7, 11) is 0. The normalized spacial score (nSPS) is 23.2. The molecule has 0 bridgehead atoms. The van der Waals surface area contributed by atoms with Crippen LogP contribution in [-0.4, -0.2) is 47.3 Å². The van der Waals surface area contributed by atoms with Crippen LogP contribution in [0.1, 0.15) is 59.3 Å². The standard InChI is InChI=1S/C20H34N6S/c1-4-10-21-20(27)24-19-22-17(25-11-7-8-15(2)14-25)13-18(23-19)26-12-6-5-9-16(26)3/h13,15-16H,4-12,14H2,1-3H3,(H2,21,22,23,24,27)/t15-,16+/m0/s1. The highest BCUT2D eigenvalue weighted by Gasteiger charge is 2.24. The molecule has 2 saturated heterocycles. The van der Waals surface area contributed by atoms with Gasteiger partial charge >= 0.3 is 0 Å². The number of aromatic nitrogens is 2. The van der Waals surface area contributed by atoms with Gasteiger partial charge in [0.05, 0.1) is 0 Å². The summed E-state index contributed by atoms with van der Waals surface area (Å²) in [6.45, 7) is 10.8. The molecule has 0 amide bonds. The molecule has 1 aromatic heterocycles. The fourth-order valence-corrected chi connectivity index (χ4v) is 4.20. The first kappa shape index (κ1) is 20.1. The molecule has 0 aromatic carbocycles. The van der Waals surface area contributed by atoms with Crippen LogP contribution < -0.4 is 20.4 Å². The molecule has 3 heterocycles. The third-order valence-electron chi connectivity index (χ3n) is 5.54. The van der Waals surface area contributed by atoms with Crippen LogP contribution in [0, 0.1) is 5.92 Å². The van der Waals surface area contributed by atoms with Crippen molar-refractivity contribution in [1.82, 2.24) is 15.3 Å². The van der Waals surface area contributed by atoms with Crippen LogP contribution in [0.3, 0.4) is 0 Å². The highest BCUT2D eigenvalue weighted by Crippen LogP contribution is 2.29. The van der Waals surface area contributed by atoms with Crippen LogP contribution in [0.15, 0.2) is 6.07 Å². The number of hydrogen-bond acceptors (Lipinski definition) is 5. The zero-order valence-corrected chi connectivity index (χ0v) is 17.8. The lowest BCUT2D eigenvalue weighted by molar-refractivity contribution is 0.444. The first-order chi connectivity index (χ1) is 13.1. The highest BCUT2D eigenvalue weighted by atomic mass is 32.1. The van der Waals surface area contributed by atoms with Gasteiger partial charge in [-0.3, -0.25) is 0 Å². The largest absolute Gasteiger partial charge is 0.362 e. The van der Waals surface area contributed by atoms with Crippen molar-refractivity contribution in [3.63, 3.8) is 0 Å². The number of nitrogens with zero attached hydrogens (tertiary/aromatic N) is 4. The SMILES string of the molecule is CCCNC(=S)Nc1nc(N2CCC[C@H](C)C2)cc(N2CCCC[C@H]2C)n1. The maximum absolute atomic E-state index is 5.41. The second kappa shape index (κ2) is 9.53. The Balaban J connectivity index is 1.86. The zero-order chi connectivity index (χ0) is 19.2. The molecule has 0 radical (unpaired) electrons. The van der Waals surface area contributed by atoms with Crippen molar-refractivity contribution in [3.8, 4) is 0 Å². The Kier molecular flexibility index (Phi) is 7.10. The molecule has 0 aliphatic carbocycles. The molecule has 0 spiro atoms. The van der Waals surface area contributed by atoms with Gasteiger partial charge in [-0.25, -0.2) is 0 Å². The topological polar surface area (TPSA) is 56.3 Å². The Morgan fingerprint density at radius 3 is 2.70 bits per heavy atom. The highest BCUT2D eigenvalue weighted by molar-refractivity contribution is 7.80. The van der Waals surface area contributed by atoms with E-state index in [0.29, 0.717) is 23.0 Å². The summed E-state index contributed by atoms with van der Waals surface area (Å²) in [5.74, 6) is 3.35. The van der Waals surface area contributed by atoms with Crippen LogP contribution in [0.4, 0.5) is 17.6 Å². The molecular formula is C20H34N6S. The second-order valence-electron chi connectivity index (χ2n) is 8.02. The van der Waals surface area contributed by atoms with Crippen LogP contribution in [0.2, 0.25) is 0 Å². The van der Waals surface area contributed by atoms with Crippen LogP contribution in [-0.2, 0) is 0 Å². The Labute approximate surface area is 169 Å². The van der Waals surface area contributed by atoms with E-state index in [4.69, 9.17) is 22.2 Å². The summed E-state index contributed by atoms with van der Waals surface area (Å²) in [6.07, 6.45) is 7.30. The molecule has 2 aliphatic heterocycles. The van der Waals surface area contributed by atoms with Crippen molar-refractivity contribution in [2.45, 2.75) is 65.3 Å². The lowest BCUT2D eigenvalue weighted by Crippen LogP contribution is -2.39. The van der Waals surface area contributed by atoms with Crippen LogP contribution in [0.5, 0.6) is 0 Å². The lowest BCUT2D eigenvalue weighted by Gasteiger charge is -2.36. The predicted octanol–water partition coefficient (Wildman–Crippen LogP) is 3.79.